The Balaban J connectivity index is 1.52. The summed E-state index contributed by atoms with van der Waals surface area (Å²) < 4.78 is 5.05. The molecule has 5 heteroatoms. The van der Waals surface area contributed by atoms with Crippen LogP contribution in [0.4, 0.5) is 0 Å². The van der Waals surface area contributed by atoms with Crippen LogP contribution in [0.15, 0.2) is 47.3 Å². The van der Waals surface area contributed by atoms with Gasteiger partial charge in [-0.2, -0.15) is 0 Å². The predicted molar refractivity (Wildman–Crippen MR) is 103 cm³/mol. The third-order valence-corrected chi connectivity index (χ3v) is 6.30. The quantitative estimate of drug-likeness (QED) is 0.836. The van der Waals surface area contributed by atoms with Gasteiger partial charge in [-0.25, -0.2) is 0 Å². The molecule has 1 aliphatic heterocycles. The minimum absolute atomic E-state index is 0.0456. The molecule has 0 saturated carbocycles. The monoisotopic (exact) mass is 366 g/mol. The lowest BCUT2D eigenvalue weighted by atomic mass is 9.73. The van der Waals surface area contributed by atoms with Crippen LogP contribution in [0, 0.1) is 0 Å². The van der Waals surface area contributed by atoms with Crippen molar-refractivity contribution >= 4 is 11.8 Å². The number of likely N-dealkylation sites (tertiary alicyclic amines) is 1. The average molecular weight is 366 g/mol. The minimum Gasteiger partial charge on any atom is -0.472 e. The van der Waals surface area contributed by atoms with Gasteiger partial charge in [-0.15, -0.1) is 0 Å². The van der Waals surface area contributed by atoms with Gasteiger partial charge in [0, 0.05) is 33.6 Å². The summed E-state index contributed by atoms with van der Waals surface area (Å²) in [7, 11) is 3.64. The van der Waals surface area contributed by atoms with Crippen LogP contribution >= 0.6 is 0 Å². The van der Waals surface area contributed by atoms with E-state index in [0.29, 0.717) is 12.0 Å². The third kappa shape index (κ3) is 3.15. The van der Waals surface area contributed by atoms with Gasteiger partial charge in [0.2, 0.25) is 5.91 Å². The van der Waals surface area contributed by atoms with Crippen molar-refractivity contribution in [1.29, 1.82) is 0 Å². The van der Waals surface area contributed by atoms with Crippen LogP contribution in [0.5, 0.6) is 0 Å². The predicted octanol–water partition coefficient (Wildman–Crippen LogP) is 3.42. The van der Waals surface area contributed by atoms with Gasteiger partial charge in [0.1, 0.15) is 6.26 Å². The van der Waals surface area contributed by atoms with E-state index in [0.717, 1.165) is 32.4 Å². The summed E-state index contributed by atoms with van der Waals surface area (Å²) in [5.74, 6) is 0.496. The standard InChI is InChI=1S/C22H26N2O3/c1-23(2)20(25)13-17-14-22(19-6-4-3-5-18(17)19)8-10-24(11-9-22)21(26)16-7-12-27-15-16/h3-7,12,15,17H,8-11,13-14H2,1-2H3/t17-/m0/s1. The molecule has 142 valence electrons. The minimum atomic E-state index is 0.0456. The largest absolute Gasteiger partial charge is 0.472 e. The number of nitrogens with zero attached hydrogens (tertiary/aromatic N) is 2. The number of furan rings is 1. The molecule has 27 heavy (non-hydrogen) atoms. The molecule has 2 heterocycles. The molecule has 2 aliphatic rings. The van der Waals surface area contributed by atoms with Crippen LogP contribution in [-0.2, 0) is 10.2 Å². The zero-order valence-corrected chi connectivity index (χ0v) is 16.0. The zero-order valence-electron chi connectivity index (χ0n) is 16.0. The second kappa shape index (κ2) is 6.87. The van der Waals surface area contributed by atoms with E-state index in [1.165, 1.54) is 23.7 Å². The van der Waals surface area contributed by atoms with Gasteiger partial charge in [-0.1, -0.05) is 24.3 Å². The second-order valence-corrected chi connectivity index (χ2v) is 8.07. The Hall–Kier alpha value is -2.56. The van der Waals surface area contributed by atoms with E-state index in [9.17, 15) is 9.59 Å². The molecule has 5 nitrogen and oxygen atoms in total. The number of hydrogen-bond donors (Lipinski definition) is 0. The maximum Gasteiger partial charge on any atom is 0.257 e. The van der Waals surface area contributed by atoms with Gasteiger partial charge in [-0.3, -0.25) is 9.59 Å². The van der Waals surface area contributed by atoms with Gasteiger partial charge in [-0.05, 0) is 47.8 Å². The van der Waals surface area contributed by atoms with E-state index in [1.54, 1.807) is 11.0 Å². The molecule has 4 rings (SSSR count). The summed E-state index contributed by atoms with van der Waals surface area (Å²) >= 11 is 0. The Labute approximate surface area is 159 Å². The smallest absolute Gasteiger partial charge is 0.257 e. The molecule has 1 saturated heterocycles. The molecule has 0 radical (unpaired) electrons. The topological polar surface area (TPSA) is 53.8 Å². The number of piperidine rings is 1. The molecule has 1 spiro atoms. The Kier molecular flexibility index (Phi) is 4.54. The number of amides is 2. The molecule has 1 aromatic heterocycles. The highest BCUT2D eigenvalue weighted by molar-refractivity contribution is 5.93. The fraction of sp³-hybridized carbons (Fsp3) is 0.455. The molecule has 0 N–H and O–H groups in total. The van der Waals surface area contributed by atoms with Crippen molar-refractivity contribution in [1.82, 2.24) is 9.80 Å². The van der Waals surface area contributed by atoms with E-state index in [4.69, 9.17) is 4.42 Å². The summed E-state index contributed by atoms with van der Waals surface area (Å²) in [4.78, 5) is 28.5. The summed E-state index contributed by atoms with van der Waals surface area (Å²) in [5, 5.41) is 0. The lowest BCUT2D eigenvalue weighted by molar-refractivity contribution is -0.129. The van der Waals surface area contributed by atoms with Crippen LogP contribution in [-0.4, -0.2) is 48.8 Å². The first-order chi connectivity index (χ1) is 13.0. The number of rotatable bonds is 3. The van der Waals surface area contributed by atoms with Crippen molar-refractivity contribution in [2.75, 3.05) is 27.2 Å². The molecule has 1 aliphatic carbocycles. The van der Waals surface area contributed by atoms with E-state index in [-0.39, 0.29) is 23.1 Å². The van der Waals surface area contributed by atoms with Gasteiger partial charge in [0.25, 0.3) is 5.91 Å². The van der Waals surface area contributed by atoms with Gasteiger partial charge >= 0.3 is 0 Å². The highest BCUT2D eigenvalue weighted by Gasteiger charge is 2.46. The maximum atomic E-state index is 12.6. The van der Waals surface area contributed by atoms with E-state index in [2.05, 4.69) is 24.3 Å². The number of fused-ring (bicyclic) bond motifs is 2. The molecule has 2 aromatic rings. The molecule has 2 amide bonds. The summed E-state index contributed by atoms with van der Waals surface area (Å²) in [6.07, 6.45) is 6.50. The number of benzene rings is 1. The van der Waals surface area contributed by atoms with Crippen molar-refractivity contribution in [3.63, 3.8) is 0 Å². The van der Waals surface area contributed by atoms with Gasteiger partial charge in [0.15, 0.2) is 0 Å². The molecule has 1 fully saturated rings. The second-order valence-electron chi connectivity index (χ2n) is 8.07. The first-order valence-electron chi connectivity index (χ1n) is 9.61. The summed E-state index contributed by atoms with van der Waals surface area (Å²) in [5.41, 5.74) is 3.41. The van der Waals surface area contributed by atoms with Crippen LogP contribution in [0.25, 0.3) is 0 Å². The lowest BCUT2D eigenvalue weighted by Crippen LogP contribution is -2.44. The van der Waals surface area contributed by atoms with Crippen LogP contribution in [0.2, 0.25) is 0 Å². The van der Waals surface area contributed by atoms with Crippen molar-refractivity contribution in [2.24, 2.45) is 0 Å². The first kappa shape index (κ1) is 17.8. The fourth-order valence-corrected chi connectivity index (χ4v) is 4.78. The normalized spacial score (nSPS) is 20.5. The van der Waals surface area contributed by atoms with E-state index >= 15 is 0 Å². The summed E-state index contributed by atoms with van der Waals surface area (Å²) in [6, 6.07) is 10.3. The molecular weight excluding hydrogens is 340 g/mol. The van der Waals surface area contributed by atoms with Crippen molar-refractivity contribution < 1.29 is 14.0 Å². The molecule has 1 aromatic carbocycles. The van der Waals surface area contributed by atoms with Crippen molar-refractivity contribution in [2.45, 2.75) is 37.0 Å². The van der Waals surface area contributed by atoms with E-state index < -0.39 is 0 Å². The molecule has 1 atom stereocenters. The number of carbonyl (C=O) groups excluding carboxylic acids is 2. The maximum absolute atomic E-state index is 12.6. The van der Waals surface area contributed by atoms with Gasteiger partial charge < -0.3 is 14.2 Å². The highest BCUT2D eigenvalue weighted by Crippen LogP contribution is 2.52. The molecular formula is C22H26N2O3. The first-order valence-corrected chi connectivity index (χ1v) is 9.61. The zero-order chi connectivity index (χ0) is 19.0. The lowest BCUT2D eigenvalue weighted by Gasteiger charge is -2.40. The van der Waals surface area contributed by atoms with Crippen LogP contribution in [0.3, 0.4) is 0 Å². The number of carbonyl (C=O) groups is 2. The SMILES string of the molecule is CN(C)C(=O)C[C@H]1CC2(CCN(C(=O)c3ccoc3)CC2)c2ccccc21. The van der Waals surface area contributed by atoms with Crippen molar-refractivity contribution in [3.05, 3.63) is 59.5 Å². The van der Waals surface area contributed by atoms with E-state index in [1.807, 2.05) is 19.0 Å². The average Bonchev–Trinajstić information content (AvgIpc) is 3.30. The van der Waals surface area contributed by atoms with Gasteiger partial charge in [0.05, 0.1) is 11.8 Å². The third-order valence-electron chi connectivity index (χ3n) is 6.30. The fourth-order valence-electron chi connectivity index (χ4n) is 4.78. The Morgan fingerprint density at radius 1 is 1.19 bits per heavy atom. The highest BCUT2D eigenvalue weighted by atomic mass is 16.3. The molecule has 0 unspecified atom stereocenters. The Morgan fingerprint density at radius 2 is 1.93 bits per heavy atom. The summed E-state index contributed by atoms with van der Waals surface area (Å²) in [6.45, 7) is 1.49. The van der Waals surface area contributed by atoms with Crippen molar-refractivity contribution in [3.8, 4) is 0 Å². The number of hydrogen-bond acceptors (Lipinski definition) is 3. The van der Waals surface area contributed by atoms with Crippen LogP contribution in [0.1, 0.15) is 53.1 Å². The Bertz CT molecular complexity index is 833. The van der Waals surface area contributed by atoms with Crippen LogP contribution < -0.4 is 0 Å². The Morgan fingerprint density at radius 3 is 2.59 bits per heavy atom. The molecule has 0 bridgehead atoms.